The average molecular weight is 321 g/mol. The van der Waals surface area contributed by atoms with E-state index >= 15 is 0 Å². The van der Waals surface area contributed by atoms with Crippen LogP contribution in [0.4, 0.5) is 11.4 Å². The van der Waals surface area contributed by atoms with E-state index in [0.29, 0.717) is 24.4 Å². The first-order valence-electron chi connectivity index (χ1n) is 7.95. The molecule has 0 radical (unpaired) electrons. The summed E-state index contributed by atoms with van der Waals surface area (Å²) in [6.45, 7) is 4.22. The third kappa shape index (κ3) is 4.41. The van der Waals surface area contributed by atoms with E-state index in [1.165, 1.54) is 12.1 Å². The molecule has 0 bridgehead atoms. The molecule has 1 aromatic rings. The predicted octanol–water partition coefficient (Wildman–Crippen LogP) is 1.94. The molecule has 1 heterocycles. The van der Waals surface area contributed by atoms with Gasteiger partial charge in [0.1, 0.15) is 0 Å². The Balaban J connectivity index is 2.25. The topological polar surface area (TPSA) is 95.7 Å². The summed E-state index contributed by atoms with van der Waals surface area (Å²) in [4.78, 5) is 25.0. The van der Waals surface area contributed by atoms with Gasteiger partial charge in [0.15, 0.2) is 0 Å². The number of piperidine rings is 1. The maximum atomic E-state index is 12.4. The minimum atomic E-state index is -0.493. The number of carbonyl (C=O) groups excluding carboxylic acids is 1. The highest BCUT2D eigenvalue weighted by Gasteiger charge is 2.23. The van der Waals surface area contributed by atoms with Crippen LogP contribution < -0.4 is 10.2 Å². The Labute approximate surface area is 135 Å². The normalized spacial score (nSPS) is 15.5. The summed E-state index contributed by atoms with van der Waals surface area (Å²) >= 11 is 0. The van der Waals surface area contributed by atoms with Crippen molar-refractivity contribution in [1.29, 1.82) is 0 Å². The molecule has 0 aliphatic carbocycles. The van der Waals surface area contributed by atoms with Crippen LogP contribution >= 0.6 is 0 Å². The lowest BCUT2D eigenvalue weighted by atomic mass is 9.98. The van der Waals surface area contributed by atoms with Gasteiger partial charge in [0.25, 0.3) is 11.6 Å². The molecule has 23 heavy (non-hydrogen) atoms. The van der Waals surface area contributed by atoms with E-state index in [0.717, 1.165) is 31.6 Å². The summed E-state index contributed by atoms with van der Waals surface area (Å²) in [6, 6.07) is 4.44. The monoisotopic (exact) mass is 321 g/mol. The Morgan fingerprint density at radius 1 is 1.43 bits per heavy atom. The molecule has 7 heteroatoms. The molecule has 1 amide bonds. The van der Waals surface area contributed by atoms with Crippen molar-refractivity contribution in [1.82, 2.24) is 5.32 Å². The van der Waals surface area contributed by atoms with Crippen LogP contribution in [0.3, 0.4) is 0 Å². The van der Waals surface area contributed by atoms with Gasteiger partial charge in [-0.3, -0.25) is 14.9 Å². The Morgan fingerprint density at radius 3 is 2.74 bits per heavy atom. The predicted molar refractivity (Wildman–Crippen MR) is 87.7 cm³/mol. The molecule has 1 aliphatic heterocycles. The van der Waals surface area contributed by atoms with Crippen molar-refractivity contribution in [3.05, 3.63) is 33.9 Å². The minimum Gasteiger partial charge on any atom is -0.396 e. The number of aliphatic hydroxyl groups is 1. The van der Waals surface area contributed by atoms with E-state index in [2.05, 4.69) is 17.1 Å². The largest absolute Gasteiger partial charge is 0.396 e. The number of nitrogens with one attached hydrogen (secondary N) is 1. The molecule has 0 saturated carbocycles. The van der Waals surface area contributed by atoms with Crippen molar-refractivity contribution in [2.24, 2.45) is 5.92 Å². The molecular weight excluding hydrogens is 298 g/mol. The van der Waals surface area contributed by atoms with Gasteiger partial charge >= 0.3 is 0 Å². The highest BCUT2D eigenvalue weighted by Crippen LogP contribution is 2.29. The Hall–Kier alpha value is -2.15. The number of non-ortho nitro benzene ring substituents is 1. The molecular formula is C16H23N3O4. The van der Waals surface area contributed by atoms with Crippen LogP contribution in [0.25, 0.3) is 0 Å². The van der Waals surface area contributed by atoms with E-state index in [-0.39, 0.29) is 18.2 Å². The van der Waals surface area contributed by atoms with E-state index in [1.807, 2.05) is 0 Å². The minimum absolute atomic E-state index is 0.00785. The Bertz CT molecular complexity index is 568. The molecule has 7 nitrogen and oxygen atoms in total. The van der Waals surface area contributed by atoms with E-state index in [9.17, 15) is 14.9 Å². The lowest BCUT2D eigenvalue weighted by Crippen LogP contribution is -2.35. The van der Waals surface area contributed by atoms with Crippen LogP contribution in [0.5, 0.6) is 0 Å². The molecule has 2 N–H and O–H groups in total. The average Bonchev–Trinajstić information content (AvgIpc) is 2.55. The van der Waals surface area contributed by atoms with Crippen LogP contribution in [-0.4, -0.2) is 42.2 Å². The molecule has 1 saturated heterocycles. The number of nitro benzene ring substituents is 1. The molecule has 1 aromatic carbocycles. The van der Waals surface area contributed by atoms with Gasteiger partial charge in [0.2, 0.25) is 0 Å². The van der Waals surface area contributed by atoms with Crippen LogP contribution in [-0.2, 0) is 0 Å². The van der Waals surface area contributed by atoms with Crippen molar-refractivity contribution in [2.45, 2.75) is 26.2 Å². The standard InChI is InChI=1S/C16H23N3O4/c1-12-5-8-18(9-6-12)15-4-3-13(19(22)23)11-14(15)16(21)17-7-2-10-20/h3-4,11-12,20H,2,5-10H2,1H3,(H,17,21). The summed E-state index contributed by atoms with van der Waals surface area (Å²) in [7, 11) is 0. The molecule has 0 unspecified atom stereocenters. The molecule has 0 atom stereocenters. The SMILES string of the molecule is CC1CCN(c2ccc([N+](=O)[O-])cc2C(=O)NCCCO)CC1. The maximum absolute atomic E-state index is 12.4. The van der Waals surface area contributed by atoms with Crippen LogP contribution in [0.15, 0.2) is 18.2 Å². The smallest absolute Gasteiger partial charge is 0.270 e. The second-order valence-corrected chi connectivity index (χ2v) is 5.96. The van der Waals surface area contributed by atoms with Gasteiger partial charge in [-0.1, -0.05) is 6.92 Å². The zero-order valence-corrected chi connectivity index (χ0v) is 13.3. The third-order valence-corrected chi connectivity index (χ3v) is 4.18. The number of nitro groups is 1. The fourth-order valence-corrected chi connectivity index (χ4v) is 2.72. The number of hydrogen-bond donors (Lipinski definition) is 2. The Morgan fingerprint density at radius 2 is 2.13 bits per heavy atom. The van der Waals surface area contributed by atoms with E-state index in [1.54, 1.807) is 6.07 Å². The number of nitrogens with zero attached hydrogens (tertiary/aromatic N) is 2. The molecule has 0 aromatic heterocycles. The first kappa shape index (κ1) is 17.2. The van der Waals surface area contributed by atoms with Gasteiger partial charge in [0.05, 0.1) is 16.2 Å². The van der Waals surface area contributed by atoms with Crippen molar-refractivity contribution < 1.29 is 14.8 Å². The van der Waals surface area contributed by atoms with Crippen LogP contribution in [0.1, 0.15) is 36.5 Å². The summed E-state index contributed by atoms with van der Waals surface area (Å²) in [5.41, 5.74) is 0.974. The van der Waals surface area contributed by atoms with E-state index in [4.69, 9.17) is 5.11 Å². The fourth-order valence-electron chi connectivity index (χ4n) is 2.72. The van der Waals surface area contributed by atoms with E-state index < -0.39 is 4.92 Å². The first-order valence-corrected chi connectivity index (χ1v) is 7.95. The first-order chi connectivity index (χ1) is 11.0. The summed E-state index contributed by atoms with van der Waals surface area (Å²) in [5.74, 6) is 0.321. The van der Waals surface area contributed by atoms with Crippen molar-refractivity contribution in [3.8, 4) is 0 Å². The van der Waals surface area contributed by atoms with Crippen LogP contribution in [0, 0.1) is 16.0 Å². The van der Waals surface area contributed by atoms with Gasteiger partial charge in [-0.2, -0.15) is 0 Å². The quantitative estimate of drug-likeness (QED) is 0.474. The molecule has 1 fully saturated rings. The summed E-state index contributed by atoms with van der Waals surface area (Å²) in [6.07, 6.45) is 2.54. The number of carbonyl (C=O) groups is 1. The molecule has 1 aliphatic rings. The number of anilines is 1. The maximum Gasteiger partial charge on any atom is 0.270 e. The summed E-state index contributed by atoms with van der Waals surface area (Å²) in [5, 5.41) is 22.5. The van der Waals surface area contributed by atoms with Gasteiger partial charge in [-0.25, -0.2) is 0 Å². The van der Waals surface area contributed by atoms with Crippen molar-refractivity contribution >= 4 is 17.3 Å². The lowest BCUT2D eigenvalue weighted by molar-refractivity contribution is -0.384. The molecule has 0 spiro atoms. The highest BCUT2D eigenvalue weighted by molar-refractivity contribution is 6.00. The molecule has 2 rings (SSSR count). The number of benzene rings is 1. The molecule has 126 valence electrons. The van der Waals surface area contributed by atoms with Gasteiger partial charge in [0, 0.05) is 38.4 Å². The Kier molecular flexibility index (Phi) is 5.92. The highest BCUT2D eigenvalue weighted by atomic mass is 16.6. The zero-order valence-electron chi connectivity index (χ0n) is 13.3. The fraction of sp³-hybridized carbons (Fsp3) is 0.562. The second-order valence-electron chi connectivity index (χ2n) is 5.96. The second kappa shape index (κ2) is 7.92. The zero-order chi connectivity index (χ0) is 16.8. The van der Waals surface area contributed by atoms with Crippen LogP contribution in [0.2, 0.25) is 0 Å². The summed E-state index contributed by atoms with van der Waals surface area (Å²) < 4.78 is 0. The van der Waals surface area contributed by atoms with Gasteiger partial charge in [-0.15, -0.1) is 0 Å². The number of rotatable bonds is 6. The number of aliphatic hydroxyl groups excluding tert-OH is 1. The number of amides is 1. The van der Waals surface area contributed by atoms with Gasteiger partial charge in [-0.05, 0) is 31.2 Å². The van der Waals surface area contributed by atoms with Gasteiger partial charge < -0.3 is 15.3 Å². The lowest BCUT2D eigenvalue weighted by Gasteiger charge is -2.33. The number of hydrogen-bond acceptors (Lipinski definition) is 5. The van der Waals surface area contributed by atoms with Crippen molar-refractivity contribution in [3.63, 3.8) is 0 Å². The van der Waals surface area contributed by atoms with Crippen molar-refractivity contribution in [2.75, 3.05) is 31.1 Å². The third-order valence-electron chi connectivity index (χ3n) is 4.18.